The first kappa shape index (κ1) is 14.9. The molecule has 2 rings (SSSR count). The molecule has 0 radical (unpaired) electrons. The summed E-state index contributed by atoms with van der Waals surface area (Å²) in [6.07, 6.45) is 1.73. The molecule has 0 aromatic carbocycles. The normalized spacial score (nSPS) is 47.0. The molecule has 0 spiro atoms. The Balaban J connectivity index is 2.42. The van der Waals surface area contributed by atoms with Crippen LogP contribution in [0, 0.1) is 17.3 Å². The number of fused-ring (bicyclic) bond motifs is 1. The molecule has 0 aromatic heterocycles. The second-order valence-corrected chi connectivity index (χ2v) is 7.33. The number of carbonyl (C=O) groups excluding carboxylic acids is 1. The largest absolute Gasteiger partial charge is 0.390 e. The van der Waals surface area contributed by atoms with Crippen molar-refractivity contribution in [2.24, 2.45) is 17.3 Å². The van der Waals surface area contributed by atoms with Gasteiger partial charge in [0.25, 0.3) is 0 Å². The first-order valence-corrected chi connectivity index (χ1v) is 7.17. The molecule has 0 bridgehead atoms. The van der Waals surface area contributed by atoms with E-state index in [1.54, 1.807) is 13.8 Å². The smallest absolute Gasteiger partial charge is 0.135 e. The van der Waals surface area contributed by atoms with E-state index in [-0.39, 0.29) is 5.78 Å². The van der Waals surface area contributed by atoms with Crippen LogP contribution >= 0.6 is 0 Å². The number of hydrogen-bond donors (Lipinski definition) is 3. The minimum absolute atomic E-state index is 0.0679. The maximum Gasteiger partial charge on any atom is 0.135 e. The van der Waals surface area contributed by atoms with Crippen LogP contribution < -0.4 is 0 Å². The van der Waals surface area contributed by atoms with Crippen LogP contribution in [0.4, 0.5) is 0 Å². The molecule has 0 heterocycles. The molecule has 2 saturated carbocycles. The number of carbonyl (C=O) groups is 1. The lowest BCUT2D eigenvalue weighted by Gasteiger charge is -2.54. The predicted octanol–water partition coefficient (Wildman–Crippen LogP) is 1.26. The lowest BCUT2D eigenvalue weighted by atomic mass is 9.56. The van der Waals surface area contributed by atoms with Gasteiger partial charge in [-0.05, 0) is 51.9 Å². The number of hydrogen-bond acceptors (Lipinski definition) is 4. The lowest BCUT2D eigenvalue weighted by molar-refractivity contribution is -0.225. The van der Waals surface area contributed by atoms with E-state index >= 15 is 0 Å². The van der Waals surface area contributed by atoms with Crippen LogP contribution in [0.3, 0.4) is 0 Å². The lowest BCUT2D eigenvalue weighted by Crippen LogP contribution is -2.65. The molecule has 0 amide bonds. The minimum Gasteiger partial charge on any atom is -0.390 e. The van der Waals surface area contributed by atoms with Crippen molar-refractivity contribution in [3.05, 3.63) is 0 Å². The first-order valence-electron chi connectivity index (χ1n) is 7.17. The molecule has 0 unspecified atom stereocenters. The van der Waals surface area contributed by atoms with Crippen molar-refractivity contribution in [2.45, 2.75) is 70.7 Å². The van der Waals surface area contributed by atoms with Crippen LogP contribution in [0.15, 0.2) is 0 Å². The Kier molecular flexibility index (Phi) is 3.36. The van der Waals surface area contributed by atoms with Crippen LogP contribution in [0.1, 0.15) is 53.4 Å². The van der Waals surface area contributed by atoms with Gasteiger partial charge in [0, 0.05) is 11.8 Å². The van der Waals surface area contributed by atoms with Gasteiger partial charge in [0.1, 0.15) is 11.4 Å². The van der Waals surface area contributed by atoms with E-state index in [0.717, 1.165) is 12.8 Å². The van der Waals surface area contributed by atoms with Crippen LogP contribution in [-0.2, 0) is 4.79 Å². The fraction of sp³-hybridized carbons (Fsp3) is 0.933. The summed E-state index contributed by atoms with van der Waals surface area (Å²) >= 11 is 0. The van der Waals surface area contributed by atoms with E-state index in [1.165, 1.54) is 6.92 Å². The average molecular weight is 270 g/mol. The molecule has 2 fully saturated rings. The zero-order valence-electron chi connectivity index (χ0n) is 12.3. The van der Waals surface area contributed by atoms with Crippen LogP contribution in [-0.4, -0.2) is 38.4 Å². The molecule has 19 heavy (non-hydrogen) atoms. The van der Waals surface area contributed by atoms with Gasteiger partial charge in [-0.25, -0.2) is 0 Å². The van der Waals surface area contributed by atoms with Crippen LogP contribution in [0.5, 0.6) is 0 Å². The molecule has 4 nitrogen and oxygen atoms in total. The quantitative estimate of drug-likeness (QED) is 0.706. The Hall–Kier alpha value is -0.450. The second kappa shape index (κ2) is 4.27. The number of rotatable bonds is 2. The Bertz CT molecular complexity index is 386. The molecule has 4 heteroatoms. The van der Waals surface area contributed by atoms with Crippen molar-refractivity contribution in [3.8, 4) is 0 Å². The van der Waals surface area contributed by atoms with E-state index < -0.39 is 34.6 Å². The fourth-order valence-corrected chi connectivity index (χ4v) is 4.38. The van der Waals surface area contributed by atoms with E-state index in [1.807, 2.05) is 6.92 Å². The number of aliphatic hydroxyl groups is 3. The van der Waals surface area contributed by atoms with Gasteiger partial charge < -0.3 is 15.3 Å². The summed E-state index contributed by atoms with van der Waals surface area (Å²) in [4.78, 5) is 11.8. The zero-order chi connectivity index (χ0) is 14.6. The van der Waals surface area contributed by atoms with Gasteiger partial charge in [0.2, 0.25) is 0 Å². The van der Waals surface area contributed by atoms with Gasteiger partial charge in [-0.1, -0.05) is 6.92 Å². The Morgan fingerprint density at radius 1 is 1.26 bits per heavy atom. The molecule has 2 aliphatic carbocycles. The van der Waals surface area contributed by atoms with Gasteiger partial charge in [-0.15, -0.1) is 0 Å². The molecule has 0 aliphatic heterocycles. The monoisotopic (exact) mass is 270 g/mol. The summed E-state index contributed by atoms with van der Waals surface area (Å²) in [6, 6.07) is 0. The number of ketones is 1. The highest BCUT2D eigenvalue weighted by Gasteiger charge is 2.66. The minimum atomic E-state index is -1.40. The Morgan fingerprint density at radius 2 is 1.79 bits per heavy atom. The molecule has 0 saturated heterocycles. The van der Waals surface area contributed by atoms with Crippen molar-refractivity contribution < 1.29 is 20.1 Å². The number of aliphatic hydroxyl groups excluding tert-OH is 1. The van der Waals surface area contributed by atoms with Gasteiger partial charge in [0.05, 0.1) is 11.7 Å². The van der Waals surface area contributed by atoms with Crippen molar-refractivity contribution in [1.82, 2.24) is 0 Å². The van der Waals surface area contributed by atoms with E-state index in [2.05, 4.69) is 0 Å². The summed E-state index contributed by atoms with van der Waals surface area (Å²) in [7, 11) is 0. The summed E-state index contributed by atoms with van der Waals surface area (Å²) < 4.78 is 0. The van der Waals surface area contributed by atoms with Crippen LogP contribution in [0.2, 0.25) is 0 Å². The summed E-state index contributed by atoms with van der Waals surface area (Å²) in [5.74, 6) is -0.982. The number of Topliss-reactive ketones (excluding diaryl/α,β-unsaturated/α-hetero) is 1. The maximum atomic E-state index is 11.8. The van der Waals surface area contributed by atoms with E-state index in [9.17, 15) is 20.1 Å². The third-order valence-corrected chi connectivity index (χ3v) is 5.72. The SMILES string of the molecule is CC(=O)[C@H]1CC[C@]2(C)CC[C@@H](C(C)(C)O)[C@@H](O)[C@@]12O. The molecular formula is C15H26O4. The molecule has 5 atom stereocenters. The third kappa shape index (κ3) is 1.96. The Morgan fingerprint density at radius 3 is 2.26 bits per heavy atom. The third-order valence-electron chi connectivity index (χ3n) is 5.72. The Labute approximate surface area is 114 Å². The summed E-state index contributed by atoms with van der Waals surface area (Å²) in [5.41, 5.74) is -2.88. The predicted molar refractivity (Wildman–Crippen MR) is 71.5 cm³/mol. The molecular weight excluding hydrogens is 244 g/mol. The highest BCUT2D eigenvalue weighted by Crippen LogP contribution is 2.60. The molecule has 2 aliphatic rings. The maximum absolute atomic E-state index is 11.8. The highest BCUT2D eigenvalue weighted by atomic mass is 16.3. The fourth-order valence-electron chi connectivity index (χ4n) is 4.38. The van der Waals surface area contributed by atoms with Crippen molar-refractivity contribution in [2.75, 3.05) is 0 Å². The first-order chi connectivity index (χ1) is 8.54. The standard InChI is InChI=1S/C15H26O4/c1-9(16)10-5-7-14(4)8-6-11(13(2,3)18)12(17)15(10,14)19/h10-12,17-19H,5-8H2,1-4H3/t10-,11-,12-,14-,15+/m1/s1. The second-order valence-electron chi connectivity index (χ2n) is 7.33. The van der Waals surface area contributed by atoms with Gasteiger partial charge in [0.15, 0.2) is 0 Å². The average Bonchev–Trinajstić information content (AvgIpc) is 2.51. The molecule has 0 aromatic rings. The topological polar surface area (TPSA) is 77.8 Å². The summed E-state index contributed by atoms with van der Waals surface area (Å²) in [6.45, 7) is 6.75. The zero-order valence-corrected chi connectivity index (χ0v) is 12.3. The van der Waals surface area contributed by atoms with Gasteiger partial charge >= 0.3 is 0 Å². The van der Waals surface area contributed by atoms with E-state index in [4.69, 9.17) is 0 Å². The molecule has 3 N–H and O–H groups in total. The van der Waals surface area contributed by atoms with Crippen LogP contribution in [0.25, 0.3) is 0 Å². The van der Waals surface area contributed by atoms with E-state index in [0.29, 0.717) is 12.8 Å². The highest BCUT2D eigenvalue weighted by molar-refractivity contribution is 5.80. The van der Waals surface area contributed by atoms with Crippen molar-refractivity contribution in [3.63, 3.8) is 0 Å². The van der Waals surface area contributed by atoms with Crippen molar-refractivity contribution >= 4 is 5.78 Å². The summed E-state index contributed by atoms with van der Waals surface area (Å²) in [5, 5.41) is 32.0. The molecule has 110 valence electrons. The van der Waals surface area contributed by atoms with Gasteiger partial charge in [-0.3, -0.25) is 4.79 Å². The van der Waals surface area contributed by atoms with Crippen molar-refractivity contribution in [1.29, 1.82) is 0 Å². The van der Waals surface area contributed by atoms with Gasteiger partial charge in [-0.2, -0.15) is 0 Å².